The normalized spacial score (nSPS) is 14.0. The van der Waals surface area contributed by atoms with Crippen molar-refractivity contribution in [2.45, 2.75) is 24.2 Å². The second kappa shape index (κ2) is 5.05. The van der Waals surface area contributed by atoms with Crippen LogP contribution in [0.2, 0.25) is 0 Å². The zero-order chi connectivity index (χ0) is 15.0. The summed E-state index contributed by atoms with van der Waals surface area (Å²) in [4.78, 5) is 0.0420. The van der Waals surface area contributed by atoms with Gasteiger partial charge in [0.15, 0.2) is 0 Å². The predicted octanol–water partition coefficient (Wildman–Crippen LogP) is 2.15. The van der Waals surface area contributed by atoms with Gasteiger partial charge in [-0.15, -0.1) is 0 Å². The van der Waals surface area contributed by atoms with Gasteiger partial charge < -0.3 is 11.1 Å². The van der Waals surface area contributed by atoms with Crippen LogP contribution >= 0.6 is 0 Å². The third-order valence-corrected chi connectivity index (χ3v) is 4.64. The van der Waals surface area contributed by atoms with Crippen LogP contribution in [0, 0.1) is 0 Å². The van der Waals surface area contributed by atoms with Gasteiger partial charge in [-0.05, 0) is 60.7 Å². The Morgan fingerprint density at radius 1 is 1.00 bits per heavy atom. The fourth-order valence-electron chi connectivity index (χ4n) is 2.63. The van der Waals surface area contributed by atoms with Gasteiger partial charge in [-0.2, -0.15) is 0 Å². The highest BCUT2D eigenvalue weighted by atomic mass is 32.2. The average Bonchev–Trinajstić information content (AvgIpc) is 2.87. The van der Waals surface area contributed by atoms with Gasteiger partial charge in [-0.3, -0.25) is 0 Å². The third-order valence-electron chi connectivity index (χ3n) is 3.73. The molecule has 0 spiro atoms. The van der Waals surface area contributed by atoms with Crippen molar-refractivity contribution in [3.8, 4) is 0 Å². The SMILES string of the molecule is Nc1ccc(S(N)(=O)=O)cc1Nc1ccc2c(c1)CCC2. The van der Waals surface area contributed by atoms with Crippen LogP contribution in [0.5, 0.6) is 0 Å². The number of nitrogens with two attached hydrogens (primary N) is 2. The molecule has 5 nitrogen and oxygen atoms in total. The maximum atomic E-state index is 11.4. The molecular weight excluding hydrogens is 286 g/mol. The highest BCUT2D eigenvalue weighted by molar-refractivity contribution is 7.89. The lowest BCUT2D eigenvalue weighted by Gasteiger charge is -2.12. The summed E-state index contributed by atoms with van der Waals surface area (Å²) in [5.74, 6) is 0. The maximum absolute atomic E-state index is 11.4. The standard InChI is InChI=1S/C15H17N3O2S/c16-14-7-6-13(21(17,19)20)9-15(14)18-12-5-4-10-2-1-3-11(10)8-12/h4-9,18H,1-3,16H2,(H2,17,19,20). The lowest BCUT2D eigenvalue weighted by Crippen LogP contribution is -2.12. The summed E-state index contributed by atoms with van der Waals surface area (Å²) < 4.78 is 22.8. The first kappa shape index (κ1) is 13.9. The summed E-state index contributed by atoms with van der Waals surface area (Å²) in [6, 6.07) is 10.6. The summed E-state index contributed by atoms with van der Waals surface area (Å²) >= 11 is 0. The van der Waals surface area contributed by atoms with E-state index >= 15 is 0 Å². The largest absolute Gasteiger partial charge is 0.397 e. The van der Waals surface area contributed by atoms with Crippen molar-refractivity contribution in [1.82, 2.24) is 0 Å². The van der Waals surface area contributed by atoms with Crippen LogP contribution in [0.25, 0.3) is 0 Å². The Kier molecular flexibility index (Phi) is 3.35. The molecule has 0 saturated carbocycles. The Hall–Kier alpha value is -2.05. The second-order valence-corrected chi connectivity index (χ2v) is 6.82. The summed E-state index contributed by atoms with van der Waals surface area (Å²) in [5, 5.41) is 8.32. The number of nitrogens with one attached hydrogen (secondary N) is 1. The zero-order valence-corrected chi connectivity index (χ0v) is 12.3. The van der Waals surface area contributed by atoms with E-state index in [2.05, 4.69) is 17.4 Å². The van der Waals surface area contributed by atoms with E-state index in [0.29, 0.717) is 11.4 Å². The Morgan fingerprint density at radius 3 is 2.52 bits per heavy atom. The van der Waals surface area contributed by atoms with Crippen LogP contribution < -0.4 is 16.2 Å². The lowest BCUT2D eigenvalue weighted by molar-refractivity contribution is 0.598. The number of hydrogen-bond acceptors (Lipinski definition) is 4. The average molecular weight is 303 g/mol. The van der Waals surface area contributed by atoms with E-state index in [4.69, 9.17) is 10.9 Å². The monoisotopic (exact) mass is 303 g/mol. The Labute approximate surface area is 124 Å². The molecule has 21 heavy (non-hydrogen) atoms. The van der Waals surface area contributed by atoms with Gasteiger partial charge in [-0.25, -0.2) is 13.6 Å². The summed E-state index contributed by atoms with van der Waals surface area (Å²) in [5.41, 5.74) is 10.5. The first-order valence-electron chi connectivity index (χ1n) is 6.75. The van der Waals surface area contributed by atoms with Crippen LogP contribution in [0.4, 0.5) is 17.1 Å². The first-order chi connectivity index (χ1) is 9.93. The smallest absolute Gasteiger partial charge is 0.238 e. The van der Waals surface area contributed by atoms with E-state index in [1.807, 2.05) is 6.07 Å². The number of primary sulfonamides is 1. The molecule has 0 unspecified atom stereocenters. The highest BCUT2D eigenvalue weighted by Gasteiger charge is 2.13. The Bertz CT molecular complexity index is 801. The molecule has 0 amide bonds. The molecule has 0 fully saturated rings. The van der Waals surface area contributed by atoms with E-state index < -0.39 is 10.0 Å². The molecule has 0 atom stereocenters. The number of rotatable bonds is 3. The second-order valence-electron chi connectivity index (χ2n) is 5.26. The van der Waals surface area contributed by atoms with Crippen molar-refractivity contribution >= 4 is 27.1 Å². The quantitative estimate of drug-likeness (QED) is 0.757. The molecule has 0 aliphatic heterocycles. The molecule has 2 aromatic rings. The highest BCUT2D eigenvalue weighted by Crippen LogP contribution is 2.29. The van der Waals surface area contributed by atoms with Gasteiger partial charge in [0.2, 0.25) is 10.0 Å². The molecule has 1 aliphatic carbocycles. The Balaban J connectivity index is 1.94. The molecule has 2 aromatic carbocycles. The number of fused-ring (bicyclic) bond motifs is 1. The molecule has 0 bridgehead atoms. The minimum absolute atomic E-state index is 0.0420. The van der Waals surface area contributed by atoms with Crippen LogP contribution in [0.1, 0.15) is 17.5 Å². The van der Waals surface area contributed by atoms with Gasteiger partial charge >= 0.3 is 0 Å². The van der Waals surface area contributed by atoms with Crippen molar-refractivity contribution in [3.05, 3.63) is 47.5 Å². The van der Waals surface area contributed by atoms with Gasteiger partial charge in [0.25, 0.3) is 0 Å². The van der Waals surface area contributed by atoms with Crippen molar-refractivity contribution in [1.29, 1.82) is 0 Å². The van der Waals surface area contributed by atoms with Gasteiger partial charge in [0.1, 0.15) is 0 Å². The first-order valence-corrected chi connectivity index (χ1v) is 8.29. The third kappa shape index (κ3) is 2.86. The summed E-state index contributed by atoms with van der Waals surface area (Å²) in [6.45, 7) is 0. The molecule has 3 rings (SSSR count). The van der Waals surface area contributed by atoms with Crippen molar-refractivity contribution in [2.24, 2.45) is 5.14 Å². The predicted molar refractivity (Wildman–Crippen MR) is 84.0 cm³/mol. The summed E-state index contributed by atoms with van der Waals surface area (Å²) in [6.07, 6.45) is 3.39. The van der Waals surface area contributed by atoms with Crippen LogP contribution in [0.15, 0.2) is 41.3 Å². The molecular formula is C15H17N3O2S. The number of hydrogen-bond donors (Lipinski definition) is 3. The molecule has 0 radical (unpaired) electrons. The van der Waals surface area contributed by atoms with Crippen LogP contribution in [-0.2, 0) is 22.9 Å². The van der Waals surface area contributed by atoms with Crippen molar-refractivity contribution in [3.63, 3.8) is 0 Å². The number of nitrogen functional groups attached to an aromatic ring is 1. The number of sulfonamides is 1. The van der Waals surface area contributed by atoms with E-state index in [1.54, 1.807) is 0 Å². The number of anilines is 3. The van der Waals surface area contributed by atoms with Crippen molar-refractivity contribution < 1.29 is 8.42 Å². The van der Waals surface area contributed by atoms with Crippen LogP contribution in [-0.4, -0.2) is 8.42 Å². The molecule has 110 valence electrons. The molecule has 0 heterocycles. The van der Waals surface area contributed by atoms with Crippen LogP contribution in [0.3, 0.4) is 0 Å². The topological polar surface area (TPSA) is 98.2 Å². The molecule has 6 heteroatoms. The molecule has 5 N–H and O–H groups in total. The van der Waals surface area contributed by atoms with Crippen molar-refractivity contribution in [2.75, 3.05) is 11.1 Å². The number of aryl methyl sites for hydroxylation is 2. The molecule has 0 aromatic heterocycles. The van der Waals surface area contributed by atoms with E-state index in [-0.39, 0.29) is 4.90 Å². The number of benzene rings is 2. The van der Waals surface area contributed by atoms with Gasteiger partial charge in [-0.1, -0.05) is 6.07 Å². The van der Waals surface area contributed by atoms with E-state index in [9.17, 15) is 8.42 Å². The Morgan fingerprint density at radius 2 is 1.76 bits per heavy atom. The fourth-order valence-corrected chi connectivity index (χ4v) is 3.17. The fraction of sp³-hybridized carbons (Fsp3) is 0.200. The van der Waals surface area contributed by atoms with Gasteiger partial charge in [0.05, 0.1) is 16.3 Å². The minimum atomic E-state index is -3.74. The minimum Gasteiger partial charge on any atom is -0.397 e. The van der Waals surface area contributed by atoms with E-state index in [0.717, 1.165) is 18.5 Å². The molecule has 0 saturated heterocycles. The maximum Gasteiger partial charge on any atom is 0.238 e. The van der Waals surface area contributed by atoms with E-state index in [1.165, 1.54) is 35.7 Å². The summed E-state index contributed by atoms with van der Waals surface area (Å²) in [7, 11) is -3.74. The van der Waals surface area contributed by atoms with Gasteiger partial charge in [0, 0.05) is 5.69 Å². The lowest BCUT2D eigenvalue weighted by atomic mass is 10.1. The zero-order valence-electron chi connectivity index (χ0n) is 11.5. The molecule has 1 aliphatic rings.